The van der Waals surface area contributed by atoms with E-state index in [-0.39, 0.29) is 0 Å². The quantitative estimate of drug-likeness (QED) is 0.590. The molecule has 3 nitrogen and oxygen atoms in total. The molecule has 10 heavy (non-hydrogen) atoms. The summed E-state index contributed by atoms with van der Waals surface area (Å²) in [5.41, 5.74) is 13.0. The average molecular weight is 137 g/mol. The van der Waals surface area contributed by atoms with E-state index >= 15 is 0 Å². The van der Waals surface area contributed by atoms with Gasteiger partial charge >= 0.3 is 0 Å². The van der Waals surface area contributed by atoms with Gasteiger partial charge < -0.3 is 11.5 Å². The zero-order chi connectivity index (χ0) is 7.56. The van der Waals surface area contributed by atoms with Gasteiger partial charge in [0.1, 0.15) is 5.82 Å². The largest absolute Gasteiger partial charge is 0.383 e. The second-order valence-electron chi connectivity index (χ2n) is 2.20. The normalized spacial score (nSPS) is 9.80. The van der Waals surface area contributed by atoms with Crippen LogP contribution in [0.1, 0.15) is 11.1 Å². The lowest BCUT2D eigenvalue weighted by Crippen LogP contribution is -2.05. The van der Waals surface area contributed by atoms with Gasteiger partial charge in [-0.05, 0) is 18.6 Å². The highest BCUT2D eigenvalue weighted by Crippen LogP contribution is 2.11. The monoisotopic (exact) mass is 137 g/mol. The van der Waals surface area contributed by atoms with Gasteiger partial charge in [-0.2, -0.15) is 0 Å². The summed E-state index contributed by atoms with van der Waals surface area (Å²) in [6, 6.07) is 1.90. The summed E-state index contributed by atoms with van der Waals surface area (Å²) in [6.45, 7) is 2.44. The minimum absolute atomic E-state index is 0.464. The second kappa shape index (κ2) is 2.66. The Labute approximate surface area is 60.1 Å². The van der Waals surface area contributed by atoms with Gasteiger partial charge in [0.2, 0.25) is 0 Å². The van der Waals surface area contributed by atoms with Crippen LogP contribution in [0.4, 0.5) is 5.82 Å². The molecule has 0 saturated heterocycles. The van der Waals surface area contributed by atoms with Crippen LogP contribution in [0, 0.1) is 6.92 Å². The van der Waals surface area contributed by atoms with Crippen LogP contribution in [0.3, 0.4) is 0 Å². The molecule has 0 amide bonds. The Morgan fingerprint density at radius 1 is 1.60 bits per heavy atom. The molecule has 1 heterocycles. The number of nitrogens with zero attached hydrogens (tertiary/aromatic N) is 1. The third-order valence-corrected chi connectivity index (χ3v) is 1.53. The molecule has 0 aliphatic carbocycles. The summed E-state index contributed by atoms with van der Waals surface area (Å²) < 4.78 is 0. The predicted octanol–water partition coefficient (Wildman–Crippen LogP) is 0.431. The number of pyridine rings is 1. The summed E-state index contributed by atoms with van der Waals surface area (Å²) in [5, 5.41) is 0. The van der Waals surface area contributed by atoms with Crippen LogP contribution in [0.15, 0.2) is 12.3 Å². The topological polar surface area (TPSA) is 64.9 Å². The maximum Gasteiger partial charge on any atom is 0.128 e. The Morgan fingerprint density at radius 2 is 2.30 bits per heavy atom. The van der Waals surface area contributed by atoms with Gasteiger partial charge in [-0.3, -0.25) is 0 Å². The smallest absolute Gasteiger partial charge is 0.128 e. The lowest BCUT2D eigenvalue weighted by atomic mass is 10.1. The molecule has 0 aromatic carbocycles. The molecular weight excluding hydrogens is 126 g/mol. The molecule has 4 N–H and O–H groups in total. The van der Waals surface area contributed by atoms with E-state index in [2.05, 4.69) is 4.98 Å². The lowest BCUT2D eigenvalue weighted by molar-refractivity contribution is 1.03. The van der Waals surface area contributed by atoms with Gasteiger partial charge in [-0.15, -0.1) is 0 Å². The molecular formula is C7H11N3. The third kappa shape index (κ3) is 1.09. The molecule has 0 saturated carbocycles. The Balaban J connectivity index is 3.17. The van der Waals surface area contributed by atoms with Gasteiger partial charge in [0.05, 0.1) is 0 Å². The molecule has 0 atom stereocenters. The fourth-order valence-corrected chi connectivity index (χ4v) is 0.875. The van der Waals surface area contributed by atoms with E-state index in [1.54, 1.807) is 6.20 Å². The van der Waals surface area contributed by atoms with Crippen molar-refractivity contribution in [3.05, 3.63) is 23.4 Å². The molecule has 0 aliphatic rings. The van der Waals surface area contributed by atoms with Crippen molar-refractivity contribution in [1.29, 1.82) is 0 Å². The first kappa shape index (κ1) is 7.02. The zero-order valence-corrected chi connectivity index (χ0v) is 5.96. The standard InChI is InChI=1S/C7H11N3/c1-5-2-3-10-7(9)6(5)4-8/h2-3H,4,8H2,1H3,(H2,9,10). The van der Waals surface area contributed by atoms with Gasteiger partial charge in [-0.1, -0.05) is 0 Å². The van der Waals surface area contributed by atoms with Gasteiger partial charge in [0, 0.05) is 18.3 Å². The van der Waals surface area contributed by atoms with Gasteiger partial charge in [0.25, 0.3) is 0 Å². The number of nitrogen functional groups attached to an aromatic ring is 1. The number of nitrogens with two attached hydrogens (primary N) is 2. The van der Waals surface area contributed by atoms with Crippen molar-refractivity contribution in [3.8, 4) is 0 Å². The van der Waals surface area contributed by atoms with E-state index in [0.29, 0.717) is 12.4 Å². The fraction of sp³-hybridized carbons (Fsp3) is 0.286. The zero-order valence-electron chi connectivity index (χ0n) is 5.96. The van der Waals surface area contributed by atoms with Crippen LogP contribution in [0.2, 0.25) is 0 Å². The molecule has 0 radical (unpaired) electrons. The second-order valence-corrected chi connectivity index (χ2v) is 2.20. The minimum Gasteiger partial charge on any atom is -0.383 e. The maximum absolute atomic E-state index is 5.54. The SMILES string of the molecule is Cc1ccnc(N)c1CN. The molecule has 3 heteroatoms. The van der Waals surface area contributed by atoms with Gasteiger partial charge in [-0.25, -0.2) is 4.98 Å². The highest BCUT2D eigenvalue weighted by molar-refractivity contribution is 5.43. The van der Waals surface area contributed by atoms with E-state index in [4.69, 9.17) is 11.5 Å². The number of aryl methyl sites for hydroxylation is 1. The number of anilines is 1. The Bertz CT molecular complexity index is 212. The summed E-state index contributed by atoms with van der Waals surface area (Å²) in [5.74, 6) is 0.544. The molecule has 1 aromatic rings. The molecule has 1 aromatic heterocycles. The van der Waals surface area contributed by atoms with E-state index in [0.717, 1.165) is 11.1 Å². The highest BCUT2D eigenvalue weighted by atomic mass is 14.8. The van der Waals surface area contributed by atoms with E-state index in [1.165, 1.54) is 0 Å². The van der Waals surface area contributed by atoms with Crippen molar-refractivity contribution in [3.63, 3.8) is 0 Å². The van der Waals surface area contributed by atoms with Crippen LogP contribution in [-0.2, 0) is 6.54 Å². The first-order valence-corrected chi connectivity index (χ1v) is 3.15. The average Bonchev–Trinajstić information content (AvgIpc) is 1.88. The van der Waals surface area contributed by atoms with Crippen molar-refractivity contribution in [2.45, 2.75) is 13.5 Å². The van der Waals surface area contributed by atoms with E-state index in [9.17, 15) is 0 Å². The Morgan fingerprint density at radius 3 is 2.70 bits per heavy atom. The third-order valence-electron chi connectivity index (χ3n) is 1.53. The highest BCUT2D eigenvalue weighted by Gasteiger charge is 1.99. The maximum atomic E-state index is 5.54. The number of hydrogen-bond donors (Lipinski definition) is 2. The Hall–Kier alpha value is -1.09. The van der Waals surface area contributed by atoms with Crippen LogP contribution in [0.25, 0.3) is 0 Å². The van der Waals surface area contributed by atoms with Crippen molar-refractivity contribution in [1.82, 2.24) is 4.98 Å². The number of hydrogen-bond acceptors (Lipinski definition) is 3. The first-order valence-electron chi connectivity index (χ1n) is 3.15. The van der Waals surface area contributed by atoms with Crippen molar-refractivity contribution in [2.24, 2.45) is 5.73 Å². The molecule has 54 valence electrons. The number of aromatic nitrogens is 1. The summed E-state index contributed by atoms with van der Waals surface area (Å²) >= 11 is 0. The molecule has 1 rings (SSSR count). The van der Waals surface area contributed by atoms with Gasteiger partial charge in [0.15, 0.2) is 0 Å². The molecule has 0 aliphatic heterocycles. The predicted molar refractivity (Wildman–Crippen MR) is 41.3 cm³/mol. The first-order chi connectivity index (χ1) is 4.75. The lowest BCUT2D eigenvalue weighted by Gasteiger charge is -2.03. The summed E-state index contributed by atoms with van der Waals surface area (Å²) in [4.78, 5) is 3.91. The minimum atomic E-state index is 0.464. The molecule has 0 fully saturated rings. The summed E-state index contributed by atoms with van der Waals surface area (Å²) in [6.07, 6.45) is 1.68. The van der Waals surface area contributed by atoms with Crippen LogP contribution >= 0.6 is 0 Å². The fourth-order valence-electron chi connectivity index (χ4n) is 0.875. The van der Waals surface area contributed by atoms with Crippen molar-refractivity contribution < 1.29 is 0 Å². The Kier molecular flexibility index (Phi) is 1.87. The summed E-state index contributed by atoms with van der Waals surface area (Å²) in [7, 11) is 0. The molecule has 0 bridgehead atoms. The number of rotatable bonds is 1. The molecule has 0 spiro atoms. The van der Waals surface area contributed by atoms with Crippen LogP contribution < -0.4 is 11.5 Å². The van der Waals surface area contributed by atoms with Crippen molar-refractivity contribution >= 4 is 5.82 Å². The molecule has 0 unspecified atom stereocenters. The van der Waals surface area contributed by atoms with Crippen LogP contribution in [0.5, 0.6) is 0 Å². The van der Waals surface area contributed by atoms with Crippen LogP contribution in [-0.4, -0.2) is 4.98 Å². The van der Waals surface area contributed by atoms with E-state index in [1.807, 2.05) is 13.0 Å². The van der Waals surface area contributed by atoms with E-state index < -0.39 is 0 Å². The van der Waals surface area contributed by atoms with Crippen molar-refractivity contribution in [2.75, 3.05) is 5.73 Å².